The van der Waals surface area contributed by atoms with Crippen LogP contribution >= 0.6 is 11.6 Å². The molecule has 0 aliphatic rings. The van der Waals surface area contributed by atoms with E-state index in [1.54, 1.807) is 0 Å². The van der Waals surface area contributed by atoms with E-state index in [9.17, 15) is 4.79 Å². The molecule has 11 heavy (non-hydrogen) atoms. The van der Waals surface area contributed by atoms with E-state index in [1.165, 1.54) is 0 Å². The van der Waals surface area contributed by atoms with Crippen molar-refractivity contribution in [3.8, 4) is 0 Å². The predicted molar refractivity (Wildman–Crippen MR) is 47.8 cm³/mol. The number of carbonyl (C=O) groups excluding carboxylic acids is 1. The van der Waals surface area contributed by atoms with E-state index < -0.39 is 0 Å². The summed E-state index contributed by atoms with van der Waals surface area (Å²) < 4.78 is 0. The minimum absolute atomic E-state index is 0.0488. The zero-order valence-corrected chi connectivity index (χ0v) is 8.16. The summed E-state index contributed by atoms with van der Waals surface area (Å²) in [6.45, 7) is 6.09. The molecule has 0 aromatic carbocycles. The molecule has 0 aliphatic carbocycles. The highest BCUT2D eigenvalue weighted by Crippen LogP contribution is 2.10. The number of alkyl halides is 1. The highest BCUT2D eigenvalue weighted by atomic mass is 35.5. The van der Waals surface area contributed by atoms with E-state index in [4.69, 9.17) is 11.6 Å². The molecule has 0 saturated heterocycles. The van der Waals surface area contributed by atoms with E-state index in [-0.39, 0.29) is 17.3 Å². The minimum atomic E-state index is -0.110. The second kappa shape index (κ2) is 4.60. The maximum atomic E-state index is 10.9. The van der Waals surface area contributed by atoms with Crippen LogP contribution in [0.25, 0.3) is 0 Å². The zero-order valence-electron chi connectivity index (χ0n) is 7.41. The predicted octanol–water partition coefficient (Wildman–Crippen LogP) is 1.92. The molecule has 0 rings (SSSR count). The number of amides is 1. The first-order chi connectivity index (χ1) is 5.02. The summed E-state index contributed by atoms with van der Waals surface area (Å²) in [7, 11) is 0. The smallest absolute Gasteiger partial charge is 0.235 e. The van der Waals surface area contributed by atoms with Crippen molar-refractivity contribution in [1.29, 1.82) is 0 Å². The maximum Gasteiger partial charge on any atom is 0.235 e. The molecule has 2 nitrogen and oxygen atoms in total. The van der Waals surface area contributed by atoms with E-state index in [0.29, 0.717) is 0 Å². The molecular formula is C8H16ClNO. The van der Waals surface area contributed by atoms with Crippen molar-refractivity contribution >= 4 is 17.5 Å². The Hall–Kier alpha value is -0.240. The molecular weight excluding hydrogens is 162 g/mol. The van der Waals surface area contributed by atoms with Crippen molar-refractivity contribution in [2.45, 2.75) is 39.2 Å². The monoisotopic (exact) mass is 177 g/mol. The summed E-state index contributed by atoms with van der Waals surface area (Å²) in [4.78, 5) is 10.9. The van der Waals surface area contributed by atoms with Crippen molar-refractivity contribution in [1.82, 2.24) is 5.32 Å². The standard InChI is InChI=1S/C8H16ClNO/c1-4-5-8(2,3)10-7(11)6-9/h4-6H2,1-3H3,(H,10,11). The van der Waals surface area contributed by atoms with Crippen molar-refractivity contribution in [2.24, 2.45) is 0 Å². The lowest BCUT2D eigenvalue weighted by Crippen LogP contribution is -2.43. The van der Waals surface area contributed by atoms with Crippen LogP contribution in [0.5, 0.6) is 0 Å². The van der Waals surface area contributed by atoms with Crippen LogP contribution in [-0.4, -0.2) is 17.3 Å². The quantitative estimate of drug-likeness (QED) is 0.654. The lowest BCUT2D eigenvalue weighted by molar-refractivity contribution is -0.120. The highest BCUT2D eigenvalue weighted by Gasteiger charge is 2.17. The van der Waals surface area contributed by atoms with Gasteiger partial charge in [0.25, 0.3) is 0 Å². The van der Waals surface area contributed by atoms with Gasteiger partial charge < -0.3 is 5.32 Å². The Balaban J connectivity index is 3.80. The van der Waals surface area contributed by atoms with Gasteiger partial charge >= 0.3 is 0 Å². The van der Waals surface area contributed by atoms with Gasteiger partial charge in [-0.15, -0.1) is 11.6 Å². The molecule has 0 spiro atoms. The van der Waals surface area contributed by atoms with Crippen LogP contribution in [0.2, 0.25) is 0 Å². The molecule has 0 atom stereocenters. The van der Waals surface area contributed by atoms with E-state index in [0.717, 1.165) is 12.8 Å². The third-order valence-electron chi connectivity index (χ3n) is 1.47. The van der Waals surface area contributed by atoms with Crippen molar-refractivity contribution in [3.05, 3.63) is 0 Å². The molecule has 0 aromatic heterocycles. The van der Waals surface area contributed by atoms with Crippen molar-refractivity contribution in [2.75, 3.05) is 5.88 Å². The van der Waals surface area contributed by atoms with E-state index >= 15 is 0 Å². The second-order valence-electron chi connectivity index (χ2n) is 3.32. The summed E-state index contributed by atoms with van der Waals surface area (Å²) in [5, 5.41) is 2.84. The second-order valence-corrected chi connectivity index (χ2v) is 3.58. The van der Waals surface area contributed by atoms with Crippen LogP contribution in [0.15, 0.2) is 0 Å². The first-order valence-corrected chi connectivity index (χ1v) is 4.42. The Morgan fingerprint density at radius 2 is 2.09 bits per heavy atom. The molecule has 0 aliphatic heterocycles. The van der Waals surface area contributed by atoms with Gasteiger partial charge in [0, 0.05) is 5.54 Å². The fraction of sp³-hybridized carbons (Fsp3) is 0.875. The highest BCUT2D eigenvalue weighted by molar-refractivity contribution is 6.27. The molecule has 0 aromatic rings. The molecule has 0 unspecified atom stereocenters. The van der Waals surface area contributed by atoms with Crippen LogP contribution in [-0.2, 0) is 4.79 Å². The molecule has 1 amide bonds. The minimum Gasteiger partial charge on any atom is -0.350 e. The SMILES string of the molecule is CCCC(C)(C)NC(=O)CCl. The van der Waals surface area contributed by atoms with Gasteiger partial charge in [-0.25, -0.2) is 0 Å². The Kier molecular flexibility index (Phi) is 4.50. The lowest BCUT2D eigenvalue weighted by atomic mass is 9.99. The molecule has 66 valence electrons. The average Bonchev–Trinajstić information content (AvgIpc) is 1.86. The Morgan fingerprint density at radius 1 is 1.55 bits per heavy atom. The number of hydrogen-bond acceptors (Lipinski definition) is 1. The Morgan fingerprint density at radius 3 is 2.45 bits per heavy atom. The van der Waals surface area contributed by atoms with Crippen LogP contribution in [0.1, 0.15) is 33.6 Å². The van der Waals surface area contributed by atoms with Crippen LogP contribution in [0.3, 0.4) is 0 Å². The van der Waals surface area contributed by atoms with Gasteiger partial charge in [-0.1, -0.05) is 13.3 Å². The van der Waals surface area contributed by atoms with Gasteiger partial charge in [0.2, 0.25) is 5.91 Å². The van der Waals surface area contributed by atoms with Crippen LogP contribution in [0.4, 0.5) is 0 Å². The lowest BCUT2D eigenvalue weighted by Gasteiger charge is -2.25. The molecule has 0 fully saturated rings. The first kappa shape index (κ1) is 10.8. The van der Waals surface area contributed by atoms with Crippen LogP contribution < -0.4 is 5.32 Å². The summed E-state index contributed by atoms with van der Waals surface area (Å²) in [5.41, 5.74) is -0.110. The number of nitrogens with one attached hydrogen (secondary N) is 1. The third kappa shape index (κ3) is 5.08. The topological polar surface area (TPSA) is 29.1 Å². The number of hydrogen-bond donors (Lipinski definition) is 1. The molecule has 0 heterocycles. The van der Waals surface area contributed by atoms with Gasteiger partial charge in [-0.2, -0.15) is 0 Å². The Labute approximate surface area is 73.3 Å². The molecule has 0 saturated carbocycles. The average molecular weight is 178 g/mol. The van der Waals surface area contributed by atoms with Gasteiger partial charge in [-0.05, 0) is 20.3 Å². The zero-order chi connectivity index (χ0) is 8.91. The maximum absolute atomic E-state index is 10.9. The van der Waals surface area contributed by atoms with E-state index in [2.05, 4.69) is 12.2 Å². The third-order valence-corrected chi connectivity index (χ3v) is 1.72. The first-order valence-electron chi connectivity index (χ1n) is 3.89. The normalized spacial score (nSPS) is 11.3. The number of halogens is 1. The fourth-order valence-electron chi connectivity index (χ4n) is 1.10. The summed E-state index contributed by atoms with van der Waals surface area (Å²) in [5.74, 6) is -0.0437. The van der Waals surface area contributed by atoms with Gasteiger partial charge in [0.15, 0.2) is 0 Å². The summed E-state index contributed by atoms with van der Waals surface area (Å²) in [6, 6.07) is 0. The number of rotatable bonds is 4. The Bertz CT molecular complexity index is 134. The molecule has 0 bridgehead atoms. The van der Waals surface area contributed by atoms with Crippen molar-refractivity contribution < 1.29 is 4.79 Å². The molecule has 1 N–H and O–H groups in total. The summed E-state index contributed by atoms with van der Waals surface area (Å²) >= 11 is 5.35. The van der Waals surface area contributed by atoms with Crippen LogP contribution in [0, 0.1) is 0 Å². The number of carbonyl (C=O) groups is 1. The van der Waals surface area contributed by atoms with Gasteiger partial charge in [0.05, 0.1) is 0 Å². The molecule has 0 radical (unpaired) electrons. The van der Waals surface area contributed by atoms with Gasteiger partial charge in [-0.3, -0.25) is 4.79 Å². The largest absolute Gasteiger partial charge is 0.350 e. The van der Waals surface area contributed by atoms with Crippen molar-refractivity contribution in [3.63, 3.8) is 0 Å². The van der Waals surface area contributed by atoms with E-state index in [1.807, 2.05) is 13.8 Å². The fourth-order valence-corrected chi connectivity index (χ4v) is 1.17. The molecule has 3 heteroatoms. The van der Waals surface area contributed by atoms with Gasteiger partial charge in [0.1, 0.15) is 5.88 Å². The summed E-state index contributed by atoms with van der Waals surface area (Å²) in [6.07, 6.45) is 2.05.